The third-order valence-corrected chi connectivity index (χ3v) is 11.6. The van der Waals surface area contributed by atoms with Crippen LogP contribution in [-0.2, 0) is 37.0 Å². The van der Waals surface area contributed by atoms with Gasteiger partial charge in [0, 0.05) is 11.3 Å². The third kappa shape index (κ3) is 6.48. The van der Waals surface area contributed by atoms with Crippen molar-refractivity contribution in [1.82, 2.24) is 0 Å². The van der Waals surface area contributed by atoms with E-state index in [1.54, 1.807) is 27.8 Å². The number of hydrogen-bond acceptors (Lipinski definition) is 0. The molecule has 0 aromatic heterocycles. The van der Waals surface area contributed by atoms with E-state index in [1.165, 1.54) is 65.5 Å². The summed E-state index contributed by atoms with van der Waals surface area (Å²) in [5, 5.41) is 0. The molecule has 0 bridgehead atoms. The number of allylic oxidation sites excluding steroid dienone is 6. The van der Waals surface area contributed by atoms with Crippen LogP contribution in [0, 0.1) is 36.5 Å². The summed E-state index contributed by atoms with van der Waals surface area (Å²) in [6, 6.07) is 10.4. The van der Waals surface area contributed by atoms with Gasteiger partial charge in [-0.3, -0.25) is 0 Å². The molecule has 3 heteroatoms. The second-order valence-corrected chi connectivity index (χ2v) is 17.7. The van der Waals surface area contributed by atoms with E-state index in [2.05, 4.69) is 126 Å². The van der Waals surface area contributed by atoms with Gasteiger partial charge in [-0.25, -0.2) is 0 Å². The van der Waals surface area contributed by atoms with Crippen LogP contribution >= 0.6 is 0 Å². The van der Waals surface area contributed by atoms with Gasteiger partial charge in [0.1, 0.15) is 0 Å². The average Bonchev–Trinajstić information content (AvgIpc) is 3.53. The van der Waals surface area contributed by atoms with Gasteiger partial charge in [-0.1, -0.05) is 123 Å². The normalized spacial score (nSPS) is 24.3. The molecule has 45 heavy (non-hydrogen) atoms. The van der Waals surface area contributed by atoms with Crippen molar-refractivity contribution in [3.63, 3.8) is 0 Å². The first-order valence-electron chi connectivity index (χ1n) is 16.8. The van der Waals surface area contributed by atoms with Crippen molar-refractivity contribution in [2.75, 3.05) is 0 Å². The number of fused-ring (bicyclic) bond motifs is 3. The molecule has 0 heterocycles. The molecule has 0 saturated carbocycles. The molecule has 2 aromatic rings. The Labute approximate surface area is 307 Å². The molecule has 2 aromatic carbocycles. The molecule has 242 valence electrons. The Morgan fingerprint density at radius 1 is 0.711 bits per heavy atom. The number of hydrogen-bond donors (Lipinski definition) is 0. The minimum Gasteiger partial charge on any atom is -1.00 e. The van der Waals surface area contributed by atoms with Crippen LogP contribution in [0.3, 0.4) is 0 Å². The molecule has 0 N–H and O–H groups in total. The van der Waals surface area contributed by atoms with Crippen LogP contribution in [0.25, 0.3) is 11.1 Å². The van der Waals surface area contributed by atoms with Gasteiger partial charge in [0.25, 0.3) is 0 Å². The van der Waals surface area contributed by atoms with Crippen molar-refractivity contribution in [3.05, 3.63) is 92.6 Å². The van der Waals surface area contributed by atoms with E-state index >= 15 is 0 Å². The van der Waals surface area contributed by atoms with Crippen LogP contribution in [0.15, 0.2) is 59.2 Å². The van der Waals surface area contributed by atoms with Crippen molar-refractivity contribution in [3.8, 4) is 11.1 Å². The van der Waals surface area contributed by atoms with E-state index in [1.807, 2.05) is 0 Å². The van der Waals surface area contributed by atoms with Gasteiger partial charge in [-0.05, 0) is 124 Å². The Kier molecular flexibility index (Phi) is 11.0. The maximum atomic E-state index is 2.69. The minimum absolute atomic E-state index is 0. The fraction of sp³-hybridized carbons (Fsp3) is 0.571. The van der Waals surface area contributed by atoms with Crippen LogP contribution in [-0.4, -0.2) is 0 Å². The quantitative estimate of drug-likeness (QED) is 0.331. The molecule has 0 saturated heterocycles. The summed E-state index contributed by atoms with van der Waals surface area (Å²) in [6.45, 7) is 28.9. The van der Waals surface area contributed by atoms with Crippen LogP contribution in [0.1, 0.15) is 141 Å². The van der Waals surface area contributed by atoms with Gasteiger partial charge in [-0.2, -0.15) is 0 Å². The Morgan fingerprint density at radius 3 is 1.64 bits per heavy atom. The second-order valence-electron chi connectivity index (χ2n) is 17.7. The monoisotopic (exact) mass is 720 g/mol. The maximum Gasteiger partial charge on any atom is 2.00 e. The minimum atomic E-state index is 0. The zero-order valence-corrected chi connectivity index (χ0v) is 34.0. The first kappa shape index (κ1) is 38.6. The molecule has 3 atom stereocenters. The Morgan fingerprint density at radius 2 is 1.22 bits per heavy atom. The van der Waals surface area contributed by atoms with Gasteiger partial charge in [0.2, 0.25) is 0 Å². The van der Waals surface area contributed by atoms with Gasteiger partial charge in [0.15, 0.2) is 0 Å². The van der Waals surface area contributed by atoms with Crippen LogP contribution < -0.4 is 24.8 Å². The van der Waals surface area contributed by atoms with Gasteiger partial charge >= 0.3 is 26.2 Å². The van der Waals surface area contributed by atoms with Crippen LogP contribution in [0.2, 0.25) is 0 Å². The van der Waals surface area contributed by atoms with Crippen molar-refractivity contribution < 1.29 is 51.0 Å². The standard InChI is InChI=1S/C42H56.2ClH.Zr/c1-25-18-32-29(22-35(25)40(6,7)8)30-23-36(41(9,10)11)26(2)19-33(30)38(32)42(12)24-34(27-16-14-13-15-17-27)31-20-28(21-37(31)42)39(3,4)5;;;/h13-14,18-19,21-23,27,34,38H,15-17,20,24H2,1-12H3;2*1H;/q;;;+2/p-2. The zero-order chi connectivity index (χ0) is 30.6. The predicted octanol–water partition coefficient (Wildman–Crippen LogP) is 6.07. The fourth-order valence-electron chi connectivity index (χ4n) is 9.43. The van der Waals surface area contributed by atoms with Crippen LogP contribution in [0.4, 0.5) is 0 Å². The molecule has 6 rings (SSSR count). The summed E-state index contributed by atoms with van der Waals surface area (Å²) < 4.78 is 0. The molecule has 0 fully saturated rings. The Balaban J connectivity index is 0.00000184. The summed E-state index contributed by atoms with van der Waals surface area (Å²) in [5.74, 6) is 1.88. The fourth-order valence-corrected chi connectivity index (χ4v) is 9.43. The molecule has 0 amide bonds. The number of aryl methyl sites for hydroxylation is 2. The first-order valence-corrected chi connectivity index (χ1v) is 16.8. The van der Waals surface area contributed by atoms with Gasteiger partial charge in [-0.15, -0.1) is 0 Å². The SMILES string of the molecule is Cc1cc2c(cc1C(C)(C)C)-c1cc(C(C)(C)C)c(C)cc1C2C1(C)CC(C2CC=CCC2)C2=C1C=C(C(C)(C)C)C2.[Cl-].[Cl-].[Zr+2]. The summed E-state index contributed by atoms with van der Waals surface area (Å²) in [7, 11) is 0. The second kappa shape index (κ2) is 12.9. The van der Waals surface area contributed by atoms with Gasteiger partial charge < -0.3 is 24.8 Å². The Hall–Kier alpha value is -0.877. The van der Waals surface area contributed by atoms with Crippen molar-refractivity contribution in [2.45, 2.75) is 132 Å². The maximum absolute atomic E-state index is 2.69. The molecule has 0 aliphatic heterocycles. The largest absolute Gasteiger partial charge is 2.00 e. The zero-order valence-electron chi connectivity index (χ0n) is 30.1. The van der Waals surface area contributed by atoms with E-state index in [9.17, 15) is 0 Å². The molecule has 0 radical (unpaired) electrons. The molecule has 0 nitrogen and oxygen atoms in total. The topological polar surface area (TPSA) is 0 Å². The first-order chi connectivity index (χ1) is 19.4. The van der Waals surface area contributed by atoms with E-state index in [-0.39, 0.29) is 72.7 Å². The summed E-state index contributed by atoms with van der Waals surface area (Å²) in [5.41, 5.74) is 17.7. The molecule has 4 aliphatic carbocycles. The van der Waals surface area contributed by atoms with E-state index < -0.39 is 0 Å². The summed E-state index contributed by atoms with van der Waals surface area (Å²) >= 11 is 0. The van der Waals surface area contributed by atoms with Gasteiger partial charge in [0.05, 0.1) is 0 Å². The van der Waals surface area contributed by atoms with Crippen molar-refractivity contribution in [1.29, 1.82) is 0 Å². The van der Waals surface area contributed by atoms with E-state index in [0.29, 0.717) is 11.8 Å². The summed E-state index contributed by atoms with van der Waals surface area (Å²) in [4.78, 5) is 0. The Bertz CT molecular complexity index is 1480. The average molecular weight is 723 g/mol. The molecule has 0 spiro atoms. The molecule has 3 unspecified atom stereocenters. The third-order valence-electron chi connectivity index (χ3n) is 11.6. The van der Waals surface area contributed by atoms with Crippen molar-refractivity contribution in [2.24, 2.45) is 22.7 Å². The summed E-state index contributed by atoms with van der Waals surface area (Å²) in [6.07, 6.45) is 13.9. The molecular weight excluding hydrogens is 667 g/mol. The predicted molar refractivity (Wildman–Crippen MR) is 182 cm³/mol. The van der Waals surface area contributed by atoms with Crippen molar-refractivity contribution >= 4 is 0 Å². The van der Waals surface area contributed by atoms with Crippen LogP contribution in [0.5, 0.6) is 0 Å². The van der Waals surface area contributed by atoms with E-state index in [0.717, 1.165) is 5.92 Å². The number of rotatable bonds is 2. The number of halogens is 2. The smallest absolute Gasteiger partial charge is 1.00 e. The number of benzene rings is 2. The molecule has 4 aliphatic rings. The molecular formula is C42H56Cl2Zr. The van der Waals surface area contributed by atoms with E-state index in [4.69, 9.17) is 0 Å².